The summed E-state index contributed by atoms with van der Waals surface area (Å²) in [5.41, 5.74) is 5.11. The Morgan fingerprint density at radius 3 is 2.53 bits per heavy atom. The van der Waals surface area contributed by atoms with Crippen molar-refractivity contribution in [1.82, 2.24) is 14.8 Å². The van der Waals surface area contributed by atoms with Crippen LogP contribution in [0.4, 0.5) is 5.82 Å². The third-order valence-electron chi connectivity index (χ3n) is 5.13. The molecule has 5 rings (SSSR count). The number of nitrogens with zero attached hydrogens (tertiary/aromatic N) is 4. The highest BCUT2D eigenvalue weighted by Crippen LogP contribution is 2.31. The lowest BCUT2D eigenvalue weighted by molar-refractivity contribution is 0.881. The first kappa shape index (κ1) is 20.3. The number of nitriles is 1. The van der Waals surface area contributed by atoms with E-state index in [-0.39, 0.29) is 0 Å². The number of aromatic nitrogens is 3. The van der Waals surface area contributed by atoms with Crippen LogP contribution < -0.4 is 0 Å². The highest BCUT2D eigenvalue weighted by molar-refractivity contribution is 9.10. The van der Waals surface area contributed by atoms with Gasteiger partial charge in [0.25, 0.3) is 0 Å². The number of aliphatic imine (C=N–C) groups is 1. The lowest BCUT2D eigenvalue weighted by Crippen LogP contribution is -1.96. The van der Waals surface area contributed by atoms with Crippen molar-refractivity contribution in [1.29, 1.82) is 5.26 Å². The second kappa shape index (κ2) is 8.46. The molecule has 32 heavy (non-hydrogen) atoms. The van der Waals surface area contributed by atoms with E-state index in [1.54, 1.807) is 23.0 Å². The van der Waals surface area contributed by atoms with Crippen molar-refractivity contribution in [3.8, 4) is 23.0 Å². The molecule has 0 aliphatic heterocycles. The van der Waals surface area contributed by atoms with Crippen molar-refractivity contribution in [2.45, 2.75) is 0 Å². The number of hydrogen-bond acceptors (Lipinski definition) is 3. The Kier molecular flexibility index (Phi) is 5.36. The van der Waals surface area contributed by atoms with E-state index in [0.29, 0.717) is 16.4 Å². The van der Waals surface area contributed by atoms with Gasteiger partial charge in [-0.15, -0.1) is 0 Å². The van der Waals surface area contributed by atoms with Crippen LogP contribution in [0.3, 0.4) is 0 Å². The van der Waals surface area contributed by atoms with Crippen LogP contribution in [0.15, 0.2) is 88.5 Å². The van der Waals surface area contributed by atoms with Crippen LogP contribution in [0.1, 0.15) is 11.1 Å². The summed E-state index contributed by atoms with van der Waals surface area (Å²) in [5.74, 6) is 0.460. The second-order valence-corrected chi connectivity index (χ2v) is 8.46. The number of rotatable bonds is 4. The second-order valence-electron chi connectivity index (χ2n) is 7.11. The van der Waals surface area contributed by atoms with Gasteiger partial charge in [0.15, 0.2) is 5.82 Å². The lowest BCUT2D eigenvalue weighted by atomic mass is 10.1. The maximum Gasteiger partial charge on any atom is 0.173 e. The van der Waals surface area contributed by atoms with Crippen LogP contribution in [0.2, 0.25) is 5.02 Å². The standard InChI is InChI=1S/C25H15BrClN5/c26-18-7-5-16(6-8-18)24-22(21-3-1-2-4-23(21)31-24)15-29-25-17(13-28)14-30-32(25)20-11-9-19(27)10-12-20/h1-12,14-15,31H. The highest BCUT2D eigenvalue weighted by Gasteiger charge is 2.14. The number of aromatic amines is 1. The maximum atomic E-state index is 9.60. The molecule has 1 N–H and O–H groups in total. The van der Waals surface area contributed by atoms with Gasteiger partial charge in [0, 0.05) is 32.2 Å². The number of hydrogen-bond donors (Lipinski definition) is 1. The first-order chi connectivity index (χ1) is 15.6. The molecule has 0 saturated heterocycles. The van der Waals surface area contributed by atoms with Gasteiger partial charge in [0.1, 0.15) is 11.6 Å². The molecule has 0 amide bonds. The number of fused-ring (bicyclic) bond motifs is 1. The molecule has 0 spiro atoms. The summed E-state index contributed by atoms with van der Waals surface area (Å²) in [5, 5.41) is 15.6. The van der Waals surface area contributed by atoms with Gasteiger partial charge in [-0.2, -0.15) is 10.4 Å². The molecular weight excluding hydrogens is 486 g/mol. The number of H-pyrrole nitrogens is 1. The predicted molar refractivity (Wildman–Crippen MR) is 132 cm³/mol. The van der Waals surface area contributed by atoms with Gasteiger partial charge in [-0.05, 0) is 48.0 Å². The molecule has 0 saturated carbocycles. The summed E-state index contributed by atoms with van der Waals surface area (Å²) in [6, 6.07) is 25.6. The molecule has 2 heterocycles. The number of benzene rings is 3. The summed E-state index contributed by atoms with van der Waals surface area (Å²) < 4.78 is 2.65. The fourth-order valence-electron chi connectivity index (χ4n) is 3.58. The van der Waals surface area contributed by atoms with Crippen LogP contribution in [0.25, 0.3) is 27.8 Å². The highest BCUT2D eigenvalue weighted by atomic mass is 79.9. The third kappa shape index (κ3) is 3.73. The van der Waals surface area contributed by atoms with Crippen molar-refractivity contribution in [3.63, 3.8) is 0 Å². The minimum Gasteiger partial charge on any atom is -0.354 e. The smallest absolute Gasteiger partial charge is 0.173 e. The quantitative estimate of drug-likeness (QED) is 0.268. The molecule has 0 bridgehead atoms. The Morgan fingerprint density at radius 1 is 1.03 bits per heavy atom. The van der Waals surface area contributed by atoms with E-state index in [2.05, 4.69) is 38.1 Å². The SMILES string of the molecule is N#Cc1cnn(-c2ccc(Cl)cc2)c1N=Cc1c(-c2ccc(Br)cc2)[nH]c2ccccc12. The first-order valence-electron chi connectivity index (χ1n) is 9.79. The van der Waals surface area contributed by atoms with E-state index in [1.165, 1.54) is 6.20 Å². The van der Waals surface area contributed by atoms with Crippen molar-refractivity contribution >= 4 is 50.5 Å². The summed E-state index contributed by atoms with van der Waals surface area (Å²) in [6.07, 6.45) is 3.31. The van der Waals surface area contributed by atoms with E-state index in [1.807, 2.05) is 54.6 Å². The van der Waals surface area contributed by atoms with Crippen molar-refractivity contribution in [2.75, 3.05) is 0 Å². The van der Waals surface area contributed by atoms with E-state index in [0.717, 1.165) is 37.9 Å². The minimum absolute atomic E-state index is 0.390. The summed E-state index contributed by atoms with van der Waals surface area (Å²) in [4.78, 5) is 8.23. The average molecular weight is 501 g/mol. The lowest BCUT2D eigenvalue weighted by Gasteiger charge is -2.05. The van der Waals surface area contributed by atoms with Gasteiger partial charge in [-0.25, -0.2) is 9.67 Å². The Hall–Kier alpha value is -3.66. The zero-order valence-electron chi connectivity index (χ0n) is 16.6. The van der Waals surface area contributed by atoms with Gasteiger partial charge in [0.2, 0.25) is 0 Å². The molecule has 0 aliphatic carbocycles. The summed E-state index contributed by atoms with van der Waals surface area (Å²) in [6.45, 7) is 0. The number of halogens is 2. The molecule has 0 radical (unpaired) electrons. The normalized spacial score (nSPS) is 11.3. The summed E-state index contributed by atoms with van der Waals surface area (Å²) >= 11 is 9.52. The largest absolute Gasteiger partial charge is 0.354 e. The third-order valence-corrected chi connectivity index (χ3v) is 5.91. The molecular formula is C25H15BrClN5. The fraction of sp³-hybridized carbons (Fsp3) is 0. The zero-order valence-corrected chi connectivity index (χ0v) is 19.0. The molecule has 0 unspecified atom stereocenters. The van der Waals surface area contributed by atoms with Gasteiger partial charge in [0.05, 0.1) is 17.6 Å². The average Bonchev–Trinajstić information content (AvgIpc) is 3.39. The molecule has 7 heteroatoms. The summed E-state index contributed by atoms with van der Waals surface area (Å²) in [7, 11) is 0. The van der Waals surface area contributed by atoms with Crippen LogP contribution in [-0.4, -0.2) is 21.0 Å². The van der Waals surface area contributed by atoms with Crippen LogP contribution in [0.5, 0.6) is 0 Å². The number of para-hydroxylation sites is 1. The van der Waals surface area contributed by atoms with Gasteiger partial charge < -0.3 is 4.98 Å². The zero-order chi connectivity index (χ0) is 22.1. The predicted octanol–water partition coefficient (Wildman–Crippen LogP) is 7.06. The number of nitrogens with one attached hydrogen (secondary N) is 1. The Morgan fingerprint density at radius 2 is 1.78 bits per heavy atom. The van der Waals surface area contributed by atoms with E-state index >= 15 is 0 Å². The molecule has 0 atom stereocenters. The molecule has 0 fully saturated rings. The van der Waals surface area contributed by atoms with Crippen LogP contribution >= 0.6 is 27.5 Å². The van der Waals surface area contributed by atoms with E-state index < -0.39 is 0 Å². The van der Waals surface area contributed by atoms with Gasteiger partial charge in [-0.1, -0.05) is 57.9 Å². The van der Waals surface area contributed by atoms with E-state index in [4.69, 9.17) is 16.6 Å². The first-order valence-corrected chi connectivity index (χ1v) is 11.0. The van der Waals surface area contributed by atoms with Gasteiger partial charge >= 0.3 is 0 Å². The maximum absolute atomic E-state index is 9.60. The molecule has 5 nitrogen and oxygen atoms in total. The Bertz CT molecular complexity index is 1490. The molecule has 2 aromatic heterocycles. The van der Waals surface area contributed by atoms with Crippen molar-refractivity contribution < 1.29 is 0 Å². The van der Waals surface area contributed by atoms with Crippen LogP contribution in [-0.2, 0) is 0 Å². The minimum atomic E-state index is 0.390. The van der Waals surface area contributed by atoms with Crippen molar-refractivity contribution in [3.05, 3.63) is 99.6 Å². The molecule has 3 aromatic carbocycles. The fourth-order valence-corrected chi connectivity index (χ4v) is 3.97. The molecule has 5 aromatic rings. The monoisotopic (exact) mass is 499 g/mol. The molecule has 154 valence electrons. The van der Waals surface area contributed by atoms with Crippen molar-refractivity contribution in [2.24, 2.45) is 4.99 Å². The van der Waals surface area contributed by atoms with Crippen LogP contribution in [0, 0.1) is 11.3 Å². The van der Waals surface area contributed by atoms with Gasteiger partial charge in [-0.3, -0.25) is 0 Å². The topological polar surface area (TPSA) is 69.8 Å². The molecule has 0 aliphatic rings. The Balaban J connectivity index is 1.66. The van der Waals surface area contributed by atoms with E-state index in [9.17, 15) is 5.26 Å². The Labute approximate surface area is 197 Å².